The molecule has 0 unspecified atom stereocenters. The van der Waals surface area contributed by atoms with Crippen molar-refractivity contribution in [2.45, 2.75) is 0 Å². The second-order valence-corrected chi connectivity index (χ2v) is 5.05. The number of carboxylic acid groups (broad SMARTS) is 1. The predicted molar refractivity (Wildman–Crippen MR) is 80.7 cm³/mol. The van der Waals surface area contributed by atoms with Gasteiger partial charge in [0.05, 0.1) is 19.6 Å². The van der Waals surface area contributed by atoms with E-state index in [9.17, 15) is 9.59 Å². The van der Waals surface area contributed by atoms with Crippen LogP contribution in [-0.2, 0) is 9.59 Å². The van der Waals surface area contributed by atoms with Crippen molar-refractivity contribution >= 4 is 40.2 Å². The molecule has 6 heteroatoms. The Bertz CT molecular complexity index is 511. The molecule has 0 aromatic heterocycles. The summed E-state index contributed by atoms with van der Waals surface area (Å²) >= 11 is 2.14. The normalized spacial score (nSPS) is 9.95. The van der Waals surface area contributed by atoms with Gasteiger partial charge in [-0.1, -0.05) is 12.0 Å². The summed E-state index contributed by atoms with van der Waals surface area (Å²) in [5.41, 5.74) is 0.674. The zero-order valence-electron chi connectivity index (χ0n) is 10.1. The quantitative estimate of drug-likeness (QED) is 0.583. The number of terminal acetylenes is 1. The van der Waals surface area contributed by atoms with Crippen LogP contribution in [0.5, 0.6) is 0 Å². The molecule has 0 heterocycles. The molecular weight excluding hydrogens is 359 g/mol. The van der Waals surface area contributed by atoms with Crippen molar-refractivity contribution in [2.75, 3.05) is 25.0 Å². The monoisotopic (exact) mass is 372 g/mol. The molecule has 0 aliphatic carbocycles. The summed E-state index contributed by atoms with van der Waals surface area (Å²) in [6, 6.07) is 7.32. The van der Waals surface area contributed by atoms with Crippen molar-refractivity contribution in [3.05, 3.63) is 27.8 Å². The Kier molecular flexibility index (Phi) is 6.32. The van der Waals surface area contributed by atoms with Gasteiger partial charge in [-0.3, -0.25) is 14.5 Å². The van der Waals surface area contributed by atoms with E-state index in [0.29, 0.717) is 5.69 Å². The van der Waals surface area contributed by atoms with Gasteiger partial charge >= 0.3 is 5.97 Å². The molecule has 0 spiro atoms. The molecule has 1 amide bonds. The number of aliphatic carboxylic acids is 1. The number of amides is 1. The number of hydrogen-bond donors (Lipinski definition) is 2. The first-order valence-corrected chi connectivity index (χ1v) is 6.52. The number of hydrogen-bond acceptors (Lipinski definition) is 3. The first kappa shape index (κ1) is 15.5. The Balaban J connectivity index is 2.57. The van der Waals surface area contributed by atoms with Crippen LogP contribution in [0.25, 0.3) is 0 Å². The fourth-order valence-corrected chi connectivity index (χ4v) is 2.00. The highest BCUT2D eigenvalue weighted by atomic mass is 127. The van der Waals surface area contributed by atoms with E-state index in [4.69, 9.17) is 11.5 Å². The molecule has 0 aliphatic heterocycles. The smallest absolute Gasteiger partial charge is 0.317 e. The van der Waals surface area contributed by atoms with Crippen molar-refractivity contribution in [3.63, 3.8) is 0 Å². The molecule has 1 aromatic rings. The van der Waals surface area contributed by atoms with Crippen molar-refractivity contribution in [2.24, 2.45) is 0 Å². The Labute approximate surface area is 125 Å². The highest BCUT2D eigenvalue weighted by Crippen LogP contribution is 2.12. The van der Waals surface area contributed by atoms with Crippen LogP contribution in [-0.4, -0.2) is 41.5 Å². The van der Waals surface area contributed by atoms with E-state index in [0.717, 1.165) is 3.57 Å². The second kappa shape index (κ2) is 7.76. The summed E-state index contributed by atoms with van der Waals surface area (Å²) < 4.78 is 1.00. The zero-order valence-corrected chi connectivity index (χ0v) is 12.3. The summed E-state index contributed by atoms with van der Waals surface area (Å²) in [6.07, 6.45) is 5.14. The highest BCUT2D eigenvalue weighted by Gasteiger charge is 2.13. The van der Waals surface area contributed by atoms with Crippen molar-refractivity contribution in [1.82, 2.24) is 4.90 Å². The lowest BCUT2D eigenvalue weighted by atomic mass is 10.3. The van der Waals surface area contributed by atoms with E-state index in [1.165, 1.54) is 4.90 Å². The molecule has 0 saturated heterocycles. The van der Waals surface area contributed by atoms with Gasteiger partial charge in [-0.05, 0) is 40.8 Å². The van der Waals surface area contributed by atoms with Gasteiger partial charge in [-0.15, -0.1) is 6.42 Å². The molecule has 0 bridgehead atoms. The maximum atomic E-state index is 11.8. The molecule has 0 radical (unpaired) electrons. The maximum Gasteiger partial charge on any atom is 0.317 e. The SMILES string of the molecule is C#CCN(CC(=O)O)CC(=O)Nc1cccc(I)c1. The van der Waals surface area contributed by atoms with Crippen molar-refractivity contribution in [1.29, 1.82) is 0 Å². The molecule has 2 N–H and O–H groups in total. The predicted octanol–water partition coefficient (Wildman–Crippen LogP) is 1.25. The van der Waals surface area contributed by atoms with E-state index in [1.807, 2.05) is 18.2 Å². The minimum absolute atomic E-state index is 0.0536. The summed E-state index contributed by atoms with van der Waals surface area (Å²) in [7, 11) is 0. The Morgan fingerprint density at radius 3 is 2.74 bits per heavy atom. The lowest BCUT2D eigenvalue weighted by molar-refractivity contribution is -0.138. The van der Waals surface area contributed by atoms with Gasteiger partial charge in [0.25, 0.3) is 0 Å². The fourth-order valence-electron chi connectivity index (χ4n) is 1.46. The summed E-state index contributed by atoms with van der Waals surface area (Å²) in [4.78, 5) is 23.8. The number of halogens is 1. The largest absolute Gasteiger partial charge is 0.480 e. The van der Waals surface area contributed by atoms with E-state index in [2.05, 4.69) is 33.8 Å². The number of nitrogens with zero attached hydrogens (tertiary/aromatic N) is 1. The molecule has 19 heavy (non-hydrogen) atoms. The van der Waals surface area contributed by atoms with Crippen LogP contribution in [0.1, 0.15) is 0 Å². The van der Waals surface area contributed by atoms with Crippen LogP contribution in [0, 0.1) is 15.9 Å². The van der Waals surface area contributed by atoms with Crippen molar-refractivity contribution < 1.29 is 14.7 Å². The molecular formula is C13H13IN2O3. The van der Waals surface area contributed by atoms with Crippen LogP contribution in [0.3, 0.4) is 0 Å². The van der Waals surface area contributed by atoms with Crippen molar-refractivity contribution in [3.8, 4) is 12.3 Å². The maximum absolute atomic E-state index is 11.8. The number of carbonyl (C=O) groups is 2. The summed E-state index contributed by atoms with van der Waals surface area (Å²) in [5, 5.41) is 11.4. The van der Waals surface area contributed by atoms with Crippen LogP contribution >= 0.6 is 22.6 Å². The molecule has 5 nitrogen and oxygen atoms in total. The Hall–Kier alpha value is -1.59. The van der Waals surface area contributed by atoms with Gasteiger partial charge < -0.3 is 10.4 Å². The lowest BCUT2D eigenvalue weighted by Crippen LogP contribution is -2.37. The standard InChI is InChI=1S/C13H13IN2O3/c1-2-6-16(9-13(18)19)8-12(17)15-11-5-3-4-10(14)7-11/h1,3-5,7H,6,8-9H2,(H,15,17)(H,18,19). The van der Waals surface area contributed by atoms with Gasteiger partial charge in [-0.25, -0.2) is 0 Å². The number of anilines is 1. The van der Waals surface area contributed by atoms with E-state index >= 15 is 0 Å². The number of rotatable bonds is 6. The van der Waals surface area contributed by atoms with Gasteiger partial charge in [0, 0.05) is 9.26 Å². The topological polar surface area (TPSA) is 69.6 Å². The first-order valence-electron chi connectivity index (χ1n) is 5.44. The molecule has 0 aliphatic rings. The molecule has 1 rings (SSSR count). The fraction of sp³-hybridized carbons (Fsp3) is 0.231. The van der Waals surface area contributed by atoms with Crippen LogP contribution < -0.4 is 5.32 Å². The molecule has 0 fully saturated rings. The first-order chi connectivity index (χ1) is 9.01. The molecule has 0 atom stereocenters. The van der Waals surface area contributed by atoms with Gasteiger partial charge in [0.1, 0.15) is 0 Å². The van der Waals surface area contributed by atoms with E-state index in [1.54, 1.807) is 6.07 Å². The van der Waals surface area contributed by atoms with Gasteiger partial charge in [-0.2, -0.15) is 0 Å². The summed E-state index contributed by atoms with van der Waals surface area (Å²) in [5.74, 6) is 1.02. The minimum Gasteiger partial charge on any atom is -0.480 e. The average Bonchev–Trinajstić information content (AvgIpc) is 2.27. The zero-order chi connectivity index (χ0) is 14.3. The lowest BCUT2D eigenvalue weighted by Gasteiger charge is -2.16. The van der Waals surface area contributed by atoms with Crippen LogP contribution in [0.2, 0.25) is 0 Å². The molecule has 1 aromatic carbocycles. The summed E-state index contributed by atoms with van der Waals surface area (Å²) in [6.45, 7) is -0.196. The Morgan fingerprint density at radius 1 is 1.42 bits per heavy atom. The third-order valence-corrected chi connectivity index (χ3v) is 2.82. The third kappa shape index (κ3) is 6.22. The second-order valence-electron chi connectivity index (χ2n) is 3.80. The van der Waals surface area contributed by atoms with E-state index in [-0.39, 0.29) is 25.5 Å². The van der Waals surface area contributed by atoms with Crippen LogP contribution in [0.4, 0.5) is 5.69 Å². The minimum atomic E-state index is -1.02. The molecule has 100 valence electrons. The number of carbonyl (C=O) groups excluding carboxylic acids is 1. The third-order valence-electron chi connectivity index (χ3n) is 2.15. The highest BCUT2D eigenvalue weighted by molar-refractivity contribution is 14.1. The average molecular weight is 372 g/mol. The number of nitrogens with one attached hydrogen (secondary N) is 1. The Morgan fingerprint density at radius 2 is 2.16 bits per heavy atom. The number of carboxylic acids is 1. The number of benzene rings is 1. The van der Waals surface area contributed by atoms with Gasteiger partial charge in [0.15, 0.2) is 0 Å². The molecule has 0 saturated carbocycles. The van der Waals surface area contributed by atoms with E-state index < -0.39 is 5.97 Å². The van der Waals surface area contributed by atoms with Crippen LogP contribution in [0.15, 0.2) is 24.3 Å². The van der Waals surface area contributed by atoms with Gasteiger partial charge in [0.2, 0.25) is 5.91 Å².